The zero-order valence-corrected chi connectivity index (χ0v) is 8.52. The van der Waals surface area contributed by atoms with Crippen LogP contribution in [-0.2, 0) is 6.18 Å². The predicted octanol–water partition coefficient (Wildman–Crippen LogP) is 2.02. The molecule has 0 aliphatic rings. The first-order valence-electron chi connectivity index (χ1n) is 4.24. The van der Waals surface area contributed by atoms with Crippen molar-refractivity contribution in [2.24, 2.45) is 10.7 Å². The Bertz CT molecular complexity index is 480. The lowest BCUT2D eigenvalue weighted by molar-refractivity contribution is -0.385. The first kappa shape index (κ1) is 12.9. The van der Waals surface area contributed by atoms with E-state index >= 15 is 0 Å². The van der Waals surface area contributed by atoms with Crippen molar-refractivity contribution >= 4 is 17.3 Å². The summed E-state index contributed by atoms with van der Waals surface area (Å²) in [4.78, 5) is 16.0. The van der Waals surface area contributed by atoms with Crippen LogP contribution in [0.5, 0.6) is 0 Å². The lowest BCUT2D eigenvalue weighted by Crippen LogP contribution is -2.10. The van der Waals surface area contributed by atoms with Gasteiger partial charge < -0.3 is 5.73 Å². The van der Waals surface area contributed by atoms with Gasteiger partial charge in [0.15, 0.2) is 5.82 Å². The van der Waals surface area contributed by atoms with Crippen LogP contribution in [0.25, 0.3) is 0 Å². The van der Waals surface area contributed by atoms with Gasteiger partial charge >= 0.3 is 6.18 Å². The van der Waals surface area contributed by atoms with Crippen LogP contribution < -0.4 is 5.73 Å². The molecule has 9 heteroatoms. The first-order valence-corrected chi connectivity index (χ1v) is 4.24. The molecular weight excluding hydrogens is 241 g/mol. The number of aliphatic imine (C=N–C) groups is 1. The van der Waals surface area contributed by atoms with Gasteiger partial charge in [0.25, 0.3) is 5.69 Å². The maximum atomic E-state index is 12.6. The summed E-state index contributed by atoms with van der Waals surface area (Å²) >= 11 is 0. The Labute approximate surface area is 93.1 Å². The summed E-state index contributed by atoms with van der Waals surface area (Å²) in [5.74, 6) is -0.819. The molecule has 6 nitrogen and oxygen atoms in total. The number of aromatic nitrogens is 1. The first-order chi connectivity index (χ1) is 7.71. The van der Waals surface area contributed by atoms with E-state index in [1.165, 1.54) is 6.92 Å². The van der Waals surface area contributed by atoms with E-state index in [1.807, 2.05) is 0 Å². The van der Waals surface area contributed by atoms with Crippen LogP contribution in [0.15, 0.2) is 17.3 Å². The molecule has 92 valence electrons. The molecule has 0 radical (unpaired) electrons. The van der Waals surface area contributed by atoms with E-state index in [-0.39, 0.29) is 5.84 Å². The van der Waals surface area contributed by atoms with E-state index in [0.717, 1.165) is 0 Å². The van der Waals surface area contributed by atoms with Crippen LogP contribution in [0.4, 0.5) is 24.7 Å². The van der Waals surface area contributed by atoms with Crippen molar-refractivity contribution in [3.63, 3.8) is 0 Å². The maximum Gasteiger partial charge on any atom is 0.420 e. The zero-order valence-electron chi connectivity index (χ0n) is 8.52. The van der Waals surface area contributed by atoms with Gasteiger partial charge in [-0.15, -0.1) is 0 Å². The molecule has 2 N–H and O–H groups in total. The molecule has 1 heterocycles. The number of hydrogen-bond donors (Lipinski definition) is 1. The fourth-order valence-electron chi connectivity index (χ4n) is 1.01. The van der Waals surface area contributed by atoms with Crippen LogP contribution in [0.3, 0.4) is 0 Å². The van der Waals surface area contributed by atoms with Gasteiger partial charge in [-0.2, -0.15) is 13.2 Å². The highest BCUT2D eigenvalue weighted by atomic mass is 19.4. The Morgan fingerprint density at radius 1 is 1.59 bits per heavy atom. The molecule has 1 aromatic rings. The maximum absolute atomic E-state index is 12.6. The van der Waals surface area contributed by atoms with Gasteiger partial charge in [-0.05, 0) is 6.92 Å². The predicted molar refractivity (Wildman–Crippen MR) is 52.8 cm³/mol. The van der Waals surface area contributed by atoms with Gasteiger partial charge in [-0.3, -0.25) is 10.1 Å². The molecule has 17 heavy (non-hydrogen) atoms. The number of hydrogen-bond acceptors (Lipinski definition) is 4. The highest BCUT2D eigenvalue weighted by molar-refractivity contribution is 5.80. The zero-order chi connectivity index (χ0) is 13.2. The minimum Gasteiger partial charge on any atom is -0.387 e. The van der Waals surface area contributed by atoms with Crippen molar-refractivity contribution in [2.75, 3.05) is 0 Å². The number of halogens is 3. The average Bonchev–Trinajstić information content (AvgIpc) is 2.15. The second-order valence-electron chi connectivity index (χ2n) is 3.07. The third-order valence-corrected chi connectivity index (χ3v) is 1.65. The van der Waals surface area contributed by atoms with Crippen molar-refractivity contribution in [3.05, 3.63) is 27.9 Å². The number of amidine groups is 1. The van der Waals surface area contributed by atoms with Crippen LogP contribution in [0, 0.1) is 10.1 Å². The number of nitrogens with zero attached hydrogens (tertiary/aromatic N) is 3. The lowest BCUT2D eigenvalue weighted by Gasteiger charge is -2.08. The average molecular weight is 248 g/mol. The molecule has 0 unspecified atom stereocenters. The third kappa shape index (κ3) is 3.13. The van der Waals surface area contributed by atoms with Gasteiger partial charge in [-0.25, -0.2) is 9.98 Å². The van der Waals surface area contributed by atoms with E-state index in [9.17, 15) is 23.3 Å². The largest absolute Gasteiger partial charge is 0.420 e. The Morgan fingerprint density at radius 3 is 2.59 bits per heavy atom. The van der Waals surface area contributed by atoms with E-state index in [4.69, 9.17) is 5.73 Å². The normalized spacial score (nSPS) is 12.6. The summed E-state index contributed by atoms with van der Waals surface area (Å²) in [7, 11) is 0. The fourth-order valence-corrected chi connectivity index (χ4v) is 1.01. The van der Waals surface area contributed by atoms with Crippen molar-refractivity contribution in [3.8, 4) is 0 Å². The Kier molecular flexibility index (Phi) is 3.30. The second kappa shape index (κ2) is 4.36. The van der Waals surface area contributed by atoms with Crippen LogP contribution in [0.1, 0.15) is 12.5 Å². The monoisotopic (exact) mass is 248 g/mol. The quantitative estimate of drug-likeness (QED) is 0.375. The van der Waals surface area contributed by atoms with E-state index in [1.54, 1.807) is 0 Å². The van der Waals surface area contributed by atoms with E-state index in [0.29, 0.717) is 12.3 Å². The summed E-state index contributed by atoms with van der Waals surface area (Å²) in [5.41, 5.74) is 3.09. The molecule has 0 aromatic carbocycles. The van der Waals surface area contributed by atoms with Crippen LogP contribution in [0.2, 0.25) is 0 Å². The molecule has 0 spiro atoms. The number of pyridine rings is 1. The Balaban J connectivity index is 3.42. The van der Waals surface area contributed by atoms with Crippen molar-refractivity contribution < 1.29 is 18.1 Å². The van der Waals surface area contributed by atoms with Gasteiger partial charge in [0.05, 0.1) is 10.8 Å². The highest BCUT2D eigenvalue weighted by Gasteiger charge is 2.36. The molecule has 1 aromatic heterocycles. The van der Waals surface area contributed by atoms with Gasteiger partial charge in [0.2, 0.25) is 0 Å². The second-order valence-corrected chi connectivity index (χ2v) is 3.07. The summed E-state index contributed by atoms with van der Waals surface area (Å²) in [6.45, 7) is 1.28. The molecule has 1 rings (SSSR count). The van der Waals surface area contributed by atoms with Crippen molar-refractivity contribution in [2.45, 2.75) is 13.1 Å². The smallest absolute Gasteiger partial charge is 0.387 e. The summed E-state index contributed by atoms with van der Waals surface area (Å²) < 4.78 is 37.7. The van der Waals surface area contributed by atoms with Gasteiger partial charge in [-0.1, -0.05) is 0 Å². The fraction of sp³-hybridized carbons (Fsp3) is 0.250. The number of alkyl halides is 3. The summed E-state index contributed by atoms with van der Waals surface area (Å²) in [6, 6.07) is 0.370. The number of nitro groups is 1. The van der Waals surface area contributed by atoms with E-state index < -0.39 is 28.2 Å². The van der Waals surface area contributed by atoms with Gasteiger partial charge in [0.1, 0.15) is 11.8 Å². The Hall–Kier alpha value is -2.19. The summed E-state index contributed by atoms with van der Waals surface area (Å²) in [5, 5.41) is 10.4. The van der Waals surface area contributed by atoms with Crippen molar-refractivity contribution in [1.29, 1.82) is 0 Å². The molecule has 0 atom stereocenters. The summed E-state index contributed by atoms with van der Waals surface area (Å²) in [6.07, 6.45) is -4.09. The van der Waals surface area contributed by atoms with Crippen LogP contribution in [-0.4, -0.2) is 15.7 Å². The minimum absolute atomic E-state index is 0.128. The number of rotatable bonds is 2. The topological polar surface area (TPSA) is 94.4 Å². The molecule has 0 saturated heterocycles. The Morgan fingerprint density at radius 2 is 2.18 bits per heavy atom. The SMILES string of the molecule is C/C(N)=N\c1ncc([N+](=O)[O-])cc1C(F)(F)F. The molecule has 0 saturated carbocycles. The van der Waals surface area contributed by atoms with Crippen molar-refractivity contribution in [1.82, 2.24) is 4.98 Å². The van der Waals surface area contributed by atoms with Crippen LogP contribution >= 0.6 is 0 Å². The molecule has 0 fully saturated rings. The van der Waals surface area contributed by atoms with E-state index in [2.05, 4.69) is 9.98 Å². The third-order valence-electron chi connectivity index (χ3n) is 1.65. The highest BCUT2D eigenvalue weighted by Crippen LogP contribution is 2.36. The lowest BCUT2D eigenvalue weighted by atomic mass is 10.2. The van der Waals surface area contributed by atoms with Gasteiger partial charge in [0, 0.05) is 6.07 Å². The molecular formula is C8H7F3N4O2. The number of nitrogens with two attached hydrogens (primary N) is 1. The molecule has 0 bridgehead atoms. The molecule has 0 aliphatic heterocycles. The molecule has 0 aliphatic carbocycles. The molecule has 0 amide bonds. The standard InChI is InChI=1S/C8H7F3N4O2/c1-4(12)14-7-6(8(9,10)11)2-5(3-13-7)15(16)17/h2-3H,1H3,(H2,12,13,14). The minimum atomic E-state index is -4.78.